The Labute approximate surface area is 131 Å². The fraction of sp³-hybridized carbons (Fsp3) is 0.211. The summed E-state index contributed by atoms with van der Waals surface area (Å²) in [5.41, 5.74) is 4.57. The highest BCUT2D eigenvalue weighted by Gasteiger charge is 2.03. The van der Waals surface area contributed by atoms with E-state index in [4.69, 9.17) is 4.99 Å². The van der Waals surface area contributed by atoms with Crippen LogP contribution < -0.4 is 0 Å². The van der Waals surface area contributed by atoms with Crippen molar-refractivity contribution in [2.24, 2.45) is 4.99 Å². The maximum absolute atomic E-state index is 4.80. The van der Waals surface area contributed by atoms with Crippen molar-refractivity contribution in [2.75, 3.05) is 0 Å². The summed E-state index contributed by atoms with van der Waals surface area (Å²) < 4.78 is 0. The first kappa shape index (κ1) is 15.5. The molecular formula is C19H21NS. The molecule has 1 aromatic carbocycles. The van der Waals surface area contributed by atoms with Crippen molar-refractivity contribution in [2.45, 2.75) is 26.7 Å². The number of aryl methyl sites for hydroxylation is 1. The standard InChI is InChI=1S/C19H21NS/c1-4-15-9-7-10-16(13-15)19(6-3)20-17(5-2)14-18-11-8-12-21-18/h5,7-14H,2,4,6H2,1,3H3/b17-14+,20-19+. The maximum atomic E-state index is 4.80. The van der Waals surface area contributed by atoms with Gasteiger partial charge >= 0.3 is 0 Å². The average molecular weight is 295 g/mol. The Morgan fingerprint density at radius 2 is 2.10 bits per heavy atom. The molecule has 0 saturated carbocycles. The molecule has 2 rings (SSSR count). The van der Waals surface area contributed by atoms with Gasteiger partial charge in [-0.25, -0.2) is 0 Å². The van der Waals surface area contributed by atoms with Crippen LogP contribution in [0.15, 0.2) is 65.1 Å². The summed E-state index contributed by atoms with van der Waals surface area (Å²) in [5, 5.41) is 2.07. The van der Waals surface area contributed by atoms with E-state index in [1.807, 2.05) is 12.1 Å². The first-order valence-electron chi connectivity index (χ1n) is 7.31. The van der Waals surface area contributed by atoms with E-state index in [1.54, 1.807) is 11.3 Å². The van der Waals surface area contributed by atoms with E-state index in [-0.39, 0.29) is 0 Å². The van der Waals surface area contributed by atoms with E-state index in [0.717, 1.165) is 24.3 Å². The predicted octanol–water partition coefficient (Wildman–Crippen LogP) is 5.74. The minimum Gasteiger partial charge on any atom is -0.253 e. The second-order valence-corrected chi connectivity index (χ2v) is 5.73. The van der Waals surface area contributed by atoms with Gasteiger partial charge in [0.1, 0.15) is 0 Å². The highest BCUT2D eigenvalue weighted by molar-refractivity contribution is 7.10. The Bertz CT molecular complexity index is 648. The zero-order valence-electron chi connectivity index (χ0n) is 12.7. The molecule has 0 radical (unpaired) electrons. The molecule has 0 fully saturated rings. The molecule has 1 aromatic heterocycles. The molecule has 0 N–H and O–H groups in total. The summed E-state index contributed by atoms with van der Waals surface area (Å²) in [4.78, 5) is 6.00. The second-order valence-electron chi connectivity index (χ2n) is 4.75. The number of hydrogen-bond acceptors (Lipinski definition) is 2. The van der Waals surface area contributed by atoms with Crippen LogP contribution in [0.1, 0.15) is 36.3 Å². The van der Waals surface area contributed by atoms with Crippen molar-refractivity contribution in [1.82, 2.24) is 0 Å². The number of nitrogens with zero attached hydrogens (tertiary/aromatic N) is 1. The lowest BCUT2D eigenvalue weighted by Gasteiger charge is -2.07. The molecule has 2 heteroatoms. The fourth-order valence-electron chi connectivity index (χ4n) is 2.13. The number of rotatable bonds is 6. The zero-order chi connectivity index (χ0) is 15.1. The van der Waals surface area contributed by atoms with Gasteiger partial charge in [0.2, 0.25) is 0 Å². The third-order valence-electron chi connectivity index (χ3n) is 3.31. The zero-order valence-corrected chi connectivity index (χ0v) is 13.5. The summed E-state index contributed by atoms with van der Waals surface area (Å²) in [7, 11) is 0. The quantitative estimate of drug-likeness (QED) is 0.476. The van der Waals surface area contributed by atoms with Gasteiger partial charge in [-0.3, -0.25) is 4.99 Å². The van der Waals surface area contributed by atoms with Gasteiger partial charge in [-0.2, -0.15) is 0 Å². The maximum Gasteiger partial charge on any atom is 0.0641 e. The third kappa shape index (κ3) is 4.27. The normalized spacial score (nSPS) is 12.5. The molecule has 1 heterocycles. The van der Waals surface area contributed by atoms with Gasteiger partial charge in [-0.1, -0.05) is 44.7 Å². The molecular weight excluding hydrogens is 274 g/mol. The summed E-state index contributed by atoms with van der Waals surface area (Å²) in [6.45, 7) is 8.20. The molecule has 0 atom stereocenters. The number of benzene rings is 1. The van der Waals surface area contributed by atoms with Crippen LogP contribution in [-0.4, -0.2) is 5.71 Å². The number of hydrogen-bond donors (Lipinski definition) is 0. The van der Waals surface area contributed by atoms with Gasteiger partial charge in [0, 0.05) is 10.6 Å². The summed E-state index contributed by atoms with van der Waals surface area (Å²) in [6.07, 6.45) is 5.85. The lowest BCUT2D eigenvalue weighted by atomic mass is 10.0. The third-order valence-corrected chi connectivity index (χ3v) is 4.13. The van der Waals surface area contributed by atoms with Gasteiger partial charge < -0.3 is 0 Å². The number of thiophene rings is 1. The Morgan fingerprint density at radius 3 is 2.71 bits per heavy atom. The van der Waals surface area contributed by atoms with E-state index in [2.05, 4.69) is 62.2 Å². The van der Waals surface area contributed by atoms with Crippen molar-refractivity contribution in [1.29, 1.82) is 0 Å². The first-order valence-corrected chi connectivity index (χ1v) is 8.19. The molecule has 108 valence electrons. The molecule has 21 heavy (non-hydrogen) atoms. The largest absolute Gasteiger partial charge is 0.253 e. The summed E-state index contributed by atoms with van der Waals surface area (Å²) in [6, 6.07) is 12.8. The van der Waals surface area contributed by atoms with E-state index >= 15 is 0 Å². The van der Waals surface area contributed by atoms with E-state index in [1.165, 1.54) is 16.0 Å². The Hall–Kier alpha value is -1.93. The number of aliphatic imine (C=N–C) groups is 1. The average Bonchev–Trinajstić information content (AvgIpc) is 3.04. The smallest absolute Gasteiger partial charge is 0.0641 e. The van der Waals surface area contributed by atoms with E-state index in [9.17, 15) is 0 Å². The Morgan fingerprint density at radius 1 is 1.24 bits per heavy atom. The molecule has 0 aliphatic rings. The Kier molecular flexibility index (Phi) is 5.70. The van der Waals surface area contributed by atoms with Crippen molar-refractivity contribution < 1.29 is 0 Å². The predicted molar refractivity (Wildman–Crippen MR) is 95.1 cm³/mol. The topological polar surface area (TPSA) is 12.4 Å². The molecule has 0 aliphatic carbocycles. The minimum atomic E-state index is 0.906. The van der Waals surface area contributed by atoms with Crippen molar-refractivity contribution in [3.63, 3.8) is 0 Å². The van der Waals surface area contributed by atoms with Gasteiger partial charge in [0.15, 0.2) is 0 Å². The monoisotopic (exact) mass is 295 g/mol. The highest BCUT2D eigenvalue weighted by atomic mass is 32.1. The first-order chi connectivity index (χ1) is 10.3. The lowest BCUT2D eigenvalue weighted by molar-refractivity contribution is 1.13. The van der Waals surface area contributed by atoms with Crippen LogP contribution in [0.25, 0.3) is 6.08 Å². The van der Waals surface area contributed by atoms with Crippen LogP contribution in [0.5, 0.6) is 0 Å². The number of allylic oxidation sites excluding steroid dienone is 1. The van der Waals surface area contributed by atoms with Crippen LogP contribution in [0.4, 0.5) is 0 Å². The summed E-state index contributed by atoms with van der Waals surface area (Å²) >= 11 is 1.71. The van der Waals surface area contributed by atoms with Crippen LogP contribution in [0, 0.1) is 0 Å². The molecule has 0 unspecified atom stereocenters. The van der Waals surface area contributed by atoms with Crippen molar-refractivity contribution >= 4 is 23.1 Å². The van der Waals surface area contributed by atoms with Gasteiger partial charge in [0.05, 0.1) is 5.70 Å². The van der Waals surface area contributed by atoms with E-state index < -0.39 is 0 Å². The molecule has 0 aliphatic heterocycles. The SMILES string of the molecule is C=CC(=C\c1cccs1)/N=C(\CC)c1cccc(CC)c1. The van der Waals surface area contributed by atoms with Gasteiger partial charge in [-0.05, 0) is 53.6 Å². The molecule has 0 spiro atoms. The fourth-order valence-corrected chi connectivity index (χ4v) is 2.79. The van der Waals surface area contributed by atoms with Crippen LogP contribution in [0.3, 0.4) is 0 Å². The van der Waals surface area contributed by atoms with Crippen molar-refractivity contribution in [3.8, 4) is 0 Å². The molecule has 0 amide bonds. The van der Waals surface area contributed by atoms with Crippen LogP contribution in [-0.2, 0) is 6.42 Å². The van der Waals surface area contributed by atoms with E-state index in [0.29, 0.717) is 0 Å². The van der Waals surface area contributed by atoms with Gasteiger partial charge in [-0.15, -0.1) is 11.3 Å². The highest BCUT2D eigenvalue weighted by Crippen LogP contribution is 2.17. The molecule has 0 bridgehead atoms. The molecule has 2 aromatic rings. The lowest BCUT2D eigenvalue weighted by Crippen LogP contribution is -2.00. The Balaban J connectivity index is 2.36. The van der Waals surface area contributed by atoms with Crippen LogP contribution >= 0.6 is 11.3 Å². The molecule has 0 saturated heterocycles. The van der Waals surface area contributed by atoms with Crippen LogP contribution in [0.2, 0.25) is 0 Å². The van der Waals surface area contributed by atoms with Gasteiger partial charge in [0.25, 0.3) is 0 Å². The minimum absolute atomic E-state index is 0.906. The molecule has 1 nitrogen and oxygen atoms in total. The summed E-state index contributed by atoms with van der Waals surface area (Å²) in [5.74, 6) is 0. The second kappa shape index (κ2) is 7.75. The van der Waals surface area contributed by atoms with Crippen molar-refractivity contribution in [3.05, 3.63) is 76.1 Å².